The number of ether oxygens (including phenoxy) is 1. The summed E-state index contributed by atoms with van der Waals surface area (Å²) in [5.74, 6) is -0.0277. The Hall–Kier alpha value is -1.85. The van der Waals surface area contributed by atoms with Gasteiger partial charge in [0, 0.05) is 44.3 Å². The Morgan fingerprint density at radius 3 is 1.38 bits per heavy atom. The molecule has 0 saturated heterocycles. The molecule has 2 rings (SSSR count). The van der Waals surface area contributed by atoms with Crippen LogP contribution in [0.4, 0.5) is 0 Å². The molecule has 0 spiro atoms. The quantitative estimate of drug-likeness (QED) is 0.0851. The summed E-state index contributed by atoms with van der Waals surface area (Å²) in [6.07, 6.45) is 31.1. The van der Waals surface area contributed by atoms with Crippen molar-refractivity contribution in [2.45, 2.75) is 142 Å². The molecule has 0 radical (unpaired) electrons. The maximum Gasteiger partial charge on any atom is 0.306 e. The van der Waals surface area contributed by atoms with Gasteiger partial charge in [0.25, 0.3) is 0 Å². The second-order valence-corrected chi connectivity index (χ2v) is 11.9. The number of esters is 1. The van der Waals surface area contributed by atoms with E-state index in [1.54, 1.807) is 0 Å². The summed E-state index contributed by atoms with van der Waals surface area (Å²) in [6, 6.07) is 0. The maximum atomic E-state index is 12.8. The fourth-order valence-electron chi connectivity index (χ4n) is 5.47. The number of rotatable bonds is 25. The van der Waals surface area contributed by atoms with E-state index in [2.05, 4.69) is 65.2 Å². The van der Waals surface area contributed by atoms with Crippen LogP contribution in [0.1, 0.15) is 136 Å². The molecule has 6 nitrogen and oxygen atoms in total. The lowest BCUT2D eigenvalue weighted by atomic mass is 10.0. The van der Waals surface area contributed by atoms with E-state index in [0.717, 1.165) is 52.4 Å². The molecule has 0 aromatic carbocycles. The van der Waals surface area contributed by atoms with Crippen molar-refractivity contribution in [1.82, 2.24) is 19.6 Å². The number of nitrogens with zero attached hydrogens (tertiary/aromatic N) is 4. The van der Waals surface area contributed by atoms with Gasteiger partial charge in [-0.2, -0.15) is 0 Å². The third-order valence-corrected chi connectivity index (χ3v) is 7.96. The first-order chi connectivity index (χ1) is 19.1. The fraction of sp³-hybridized carbons (Fsp3) is 0.848. The van der Waals surface area contributed by atoms with Crippen molar-refractivity contribution < 1.29 is 9.53 Å². The lowest BCUT2D eigenvalue weighted by molar-refractivity contribution is -0.150. The average Bonchev–Trinajstić information content (AvgIpc) is 3.58. The first-order valence-electron chi connectivity index (χ1n) is 16.7. The predicted molar refractivity (Wildman–Crippen MR) is 165 cm³/mol. The Bertz CT molecular complexity index is 634. The third kappa shape index (κ3) is 16.1. The molecule has 39 heavy (non-hydrogen) atoms. The molecule has 0 fully saturated rings. The van der Waals surface area contributed by atoms with Crippen LogP contribution in [-0.4, -0.2) is 71.2 Å². The highest BCUT2D eigenvalue weighted by atomic mass is 16.5. The summed E-state index contributed by atoms with van der Waals surface area (Å²) < 4.78 is 6.09. The highest BCUT2D eigenvalue weighted by molar-refractivity contribution is 5.69. The first-order valence-corrected chi connectivity index (χ1v) is 16.7. The summed E-state index contributed by atoms with van der Waals surface area (Å²) >= 11 is 0. The van der Waals surface area contributed by atoms with Gasteiger partial charge < -0.3 is 24.3 Å². The lowest BCUT2D eigenvalue weighted by Crippen LogP contribution is -2.41. The molecule has 2 aliphatic rings. The molecule has 0 aliphatic carbocycles. The minimum absolute atomic E-state index is 0.0277. The standard InChI is InChI=1S/C33H62N4O2/c1-4-7-10-11-12-13-14-15-16-17-18-19-20-21-33(38)39-32(28-36-26-24-34(30-36)22-8-5-2)29-37-27-25-35(31-37)23-9-6-3/h24-27,32H,4-23,28-31H2,1-3H3. The van der Waals surface area contributed by atoms with Gasteiger partial charge in [-0.15, -0.1) is 0 Å². The van der Waals surface area contributed by atoms with E-state index in [0.29, 0.717) is 6.42 Å². The monoisotopic (exact) mass is 546 g/mol. The topological polar surface area (TPSA) is 39.3 Å². The number of hydrogen-bond donors (Lipinski definition) is 0. The van der Waals surface area contributed by atoms with Crippen molar-refractivity contribution in [2.24, 2.45) is 0 Å². The Morgan fingerprint density at radius 2 is 0.949 bits per heavy atom. The van der Waals surface area contributed by atoms with Gasteiger partial charge in [-0.1, -0.05) is 111 Å². The van der Waals surface area contributed by atoms with Gasteiger partial charge in [0.2, 0.25) is 0 Å². The molecule has 2 heterocycles. The van der Waals surface area contributed by atoms with Gasteiger partial charge >= 0.3 is 5.97 Å². The van der Waals surface area contributed by atoms with Gasteiger partial charge in [-0.05, 0) is 19.3 Å². The summed E-state index contributed by atoms with van der Waals surface area (Å²) in [6.45, 7) is 12.2. The molecule has 0 N–H and O–H groups in total. The molecule has 0 unspecified atom stereocenters. The highest BCUT2D eigenvalue weighted by Crippen LogP contribution is 2.16. The van der Waals surface area contributed by atoms with Gasteiger partial charge in [-0.3, -0.25) is 4.79 Å². The molecular weight excluding hydrogens is 484 g/mol. The number of carbonyl (C=O) groups is 1. The van der Waals surface area contributed by atoms with E-state index in [1.807, 2.05) is 0 Å². The van der Waals surface area contributed by atoms with Gasteiger partial charge in [-0.25, -0.2) is 0 Å². The largest absolute Gasteiger partial charge is 0.459 e. The van der Waals surface area contributed by atoms with Crippen LogP contribution < -0.4 is 0 Å². The van der Waals surface area contributed by atoms with Crippen molar-refractivity contribution in [2.75, 3.05) is 39.5 Å². The van der Waals surface area contributed by atoms with E-state index < -0.39 is 0 Å². The van der Waals surface area contributed by atoms with Crippen molar-refractivity contribution >= 4 is 5.97 Å². The number of hydrogen-bond acceptors (Lipinski definition) is 6. The molecule has 226 valence electrons. The van der Waals surface area contributed by atoms with Crippen LogP contribution in [0.5, 0.6) is 0 Å². The summed E-state index contributed by atoms with van der Waals surface area (Å²) in [4.78, 5) is 22.1. The Labute approximate surface area is 241 Å². The molecule has 0 amide bonds. The van der Waals surface area contributed by atoms with Crippen LogP contribution in [0.3, 0.4) is 0 Å². The molecule has 6 heteroatoms. The van der Waals surface area contributed by atoms with Crippen molar-refractivity contribution in [3.63, 3.8) is 0 Å². The SMILES string of the molecule is CCCCCCCCCCCCCCCC(=O)OC(CN1C=CN(CCCC)C1)CN1C=CN(CCCC)C1. The second kappa shape index (κ2) is 21.9. The van der Waals surface area contributed by atoms with E-state index in [9.17, 15) is 4.79 Å². The second-order valence-electron chi connectivity index (χ2n) is 11.9. The molecule has 0 bridgehead atoms. The highest BCUT2D eigenvalue weighted by Gasteiger charge is 2.24. The lowest BCUT2D eigenvalue weighted by Gasteiger charge is -2.29. The van der Waals surface area contributed by atoms with E-state index in [-0.39, 0.29) is 12.1 Å². The van der Waals surface area contributed by atoms with Crippen LogP contribution >= 0.6 is 0 Å². The van der Waals surface area contributed by atoms with Gasteiger partial charge in [0.05, 0.1) is 26.4 Å². The maximum absolute atomic E-state index is 12.8. The van der Waals surface area contributed by atoms with E-state index >= 15 is 0 Å². The fourth-order valence-corrected chi connectivity index (χ4v) is 5.47. The predicted octanol–water partition coefficient (Wildman–Crippen LogP) is 8.07. The molecule has 0 aromatic rings. The minimum Gasteiger partial charge on any atom is -0.459 e. The number of carbonyl (C=O) groups excluding carboxylic acids is 1. The van der Waals surface area contributed by atoms with E-state index in [1.165, 1.54) is 96.3 Å². The van der Waals surface area contributed by atoms with Crippen LogP contribution in [0.15, 0.2) is 24.8 Å². The van der Waals surface area contributed by atoms with Crippen LogP contribution in [0.2, 0.25) is 0 Å². The summed E-state index contributed by atoms with van der Waals surface area (Å²) in [5.41, 5.74) is 0. The Kier molecular flexibility index (Phi) is 18.7. The number of unbranched alkanes of at least 4 members (excludes halogenated alkanes) is 14. The Morgan fingerprint density at radius 1 is 0.564 bits per heavy atom. The zero-order chi connectivity index (χ0) is 28.0. The van der Waals surface area contributed by atoms with Crippen molar-refractivity contribution in [3.8, 4) is 0 Å². The minimum atomic E-state index is -0.119. The molecule has 0 atom stereocenters. The average molecular weight is 547 g/mol. The molecular formula is C33H62N4O2. The summed E-state index contributed by atoms with van der Waals surface area (Å²) in [5, 5.41) is 0. The molecule has 2 aliphatic heterocycles. The van der Waals surface area contributed by atoms with Gasteiger partial charge in [0.15, 0.2) is 0 Å². The van der Waals surface area contributed by atoms with Crippen LogP contribution in [-0.2, 0) is 9.53 Å². The van der Waals surface area contributed by atoms with Crippen molar-refractivity contribution in [3.05, 3.63) is 24.8 Å². The summed E-state index contributed by atoms with van der Waals surface area (Å²) in [7, 11) is 0. The zero-order valence-electron chi connectivity index (χ0n) is 26.0. The van der Waals surface area contributed by atoms with E-state index in [4.69, 9.17) is 4.74 Å². The Balaban J connectivity index is 1.63. The molecule has 0 saturated carbocycles. The van der Waals surface area contributed by atoms with Crippen LogP contribution in [0.25, 0.3) is 0 Å². The first kappa shape index (κ1) is 33.4. The smallest absolute Gasteiger partial charge is 0.306 e. The third-order valence-electron chi connectivity index (χ3n) is 7.96. The van der Waals surface area contributed by atoms with Crippen LogP contribution in [0, 0.1) is 0 Å². The van der Waals surface area contributed by atoms with Gasteiger partial charge in [0.1, 0.15) is 6.10 Å². The zero-order valence-corrected chi connectivity index (χ0v) is 26.0. The normalized spacial score (nSPS) is 15.0. The van der Waals surface area contributed by atoms with Crippen molar-refractivity contribution in [1.29, 1.82) is 0 Å². The molecule has 0 aromatic heterocycles.